The van der Waals surface area contributed by atoms with E-state index in [2.05, 4.69) is 0 Å². The average Bonchev–Trinajstić information content (AvgIpc) is 2.44. The zero-order valence-corrected chi connectivity index (χ0v) is 13.7. The van der Waals surface area contributed by atoms with Gasteiger partial charge in [0, 0.05) is 5.54 Å². The molecule has 0 unspecified atom stereocenters. The third kappa shape index (κ3) is 5.88. The second kappa shape index (κ2) is 7.97. The lowest BCUT2D eigenvalue weighted by atomic mass is 9.95. The molecule has 0 radical (unpaired) electrons. The van der Waals surface area contributed by atoms with Crippen LogP contribution < -0.4 is 5.73 Å². The van der Waals surface area contributed by atoms with E-state index >= 15 is 0 Å². The molecule has 0 amide bonds. The van der Waals surface area contributed by atoms with Gasteiger partial charge in [0.05, 0.1) is 5.56 Å². The third-order valence-corrected chi connectivity index (χ3v) is 3.04. The number of esters is 1. The molecule has 0 saturated heterocycles. The lowest BCUT2D eigenvalue weighted by Crippen LogP contribution is -2.34. The predicted octanol–water partition coefficient (Wildman–Crippen LogP) is 3.75. The van der Waals surface area contributed by atoms with Crippen molar-refractivity contribution in [3.63, 3.8) is 0 Å². The first-order valence-electron chi connectivity index (χ1n) is 7.03. The fourth-order valence-electron chi connectivity index (χ4n) is 2.14. The fraction of sp³-hybridized carbons (Fsp3) is 0.278. The molecule has 0 aromatic heterocycles. The van der Waals surface area contributed by atoms with Crippen LogP contribution in [-0.4, -0.2) is 11.5 Å². The minimum Gasteiger partial charge on any atom is -0.457 e. The molecular weight excluding hydrogens is 298 g/mol. The van der Waals surface area contributed by atoms with Crippen molar-refractivity contribution in [3.05, 3.63) is 71.3 Å². The molecule has 2 N–H and O–H groups in total. The quantitative estimate of drug-likeness (QED) is 0.854. The highest BCUT2D eigenvalue weighted by molar-refractivity contribution is 5.89. The van der Waals surface area contributed by atoms with E-state index in [0.717, 1.165) is 11.1 Å². The number of carbonyl (C=O) groups excluding carboxylic acids is 1. The van der Waals surface area contributed by atoms with Gasteiger partial charge in [-0.2, -0.15) is 0 Å². The number of halogens is 1. The summed E-state index contributed by atoms with van der Waals surface area (Å²) < 4.78 is 5.33. The smallest absolute Gasteiger partial charge is 0.338 e. The maximum Gasteiger partial charge on any atom is 0.338 e. The van der Waals surface area contributed by atoms with E-state index in [0.29, 0.717) is 12.0 Å². The summed E-state index contributed by atoms with van der Waals surface area (Å²) >= 11 is 0. The van der Waals surface area contributed by atoms with Crippen LogP contribution in [-0.2, 0) is 17.8 Å². The van der Waals surface area contributed by atoms with E-state index < -0.39 is 0 Å². The van der Waals surface area contributed by atoms with Crippen LogP contribution in [0.5, 0.6) is 0 Å². The normalized spacial score (nSPS) is 10.7. The minimum absolute atomic E-state index is 0. The van der Waals surface area contributed by atoms with Crippen LogP contribution >= 0.6 is 12.4 Å². The molecule has 22 heavy (non-hydrogen) atoms. The van der Waals surface area contributed by atoms with Crippen LogP contribution in [0.2, 0.25) is 0 Å². The van der Waals surface area contributed by atoms with E-state index in [1.54, 1.807) is 6.07 Å². The Morgan fingerprint density at radius 3 is 2.32 bits per heavy atom. The second-order valence-corrected chi connectivity index (χ2v) is 5.93. The van der Waals surface area contributed by atoms with Crippen molar-refractivity contribution in [1.82, 2.24) is 0 Å². The number of hydrogen-bond donors (Lipinski definition) is 1. The fourth-order valence-corrected chi connectivity index (χ4v) is 2.14. The van der Waals surface area contributed by atoms with Gasteiger partial charge in [-0.3, -0.25) is 0 Å². The Kier molecular flexibility index (Phi) is 6.60. The van der Waals surface area contributed by atoms with Gasteiger partial charge in [-0.1, -0.05) is 42.5 Å². The Bertz CT molecular complexity index is 606. The van der Waals surface area contributed by atoms with Crippen molar-refractivity contribution in [2.24, 2.45) is 5.73 Å². The Hall–Kier alpha value is -1.84. The van der Waals surface area contributed by atoms with Gasteiger partial charge in [0.15, 0.2) is 0 Å². The van der Waals surface area contributed by atoms with Crippen molar-refractivity contribution >= 4 is 18.4 Å². The summed E-state index contributed by atoms with van der Waals surface area (Å²) in [7, 11) is 0. The Morgan fingerprint density at radius 2 is 1.68 bits per heavy atom. The summed E-state index contributed by atoms with van der Waals surface area (Å²) in [4.78, 5) is 12.1. The van der Waals surface area contributed by atoms with E-state index in [-0.39, 0.29) is 30.5 Å². The van der Waals surface area contributed by atoms with Crippen LogP contribution in [0.4, 0.5) is 0 Å². The molecule has 0 fully saturated rings. The van der Waals surface area contributed by atoms with Crippen molar-refractivity contribution in [2.75, 3.05) is 0 Å². The monoisotopic (exact) mass is 319 g/mol. The summed E-state index contributed by atoms with van der Waals surface area (Å²) in [5, 5.41) is 0. The van der Waals surface area contributed by atoms with Gasteiger partial charge in [0.25, 0.3) is 0 Å². The summed E-state index contributed by atoms with van der Waals surface area (Å²) in [6, 6.07) is 17.1. The van der Waals surface area contributed by atoms with Gasteiger partial charge >= 0.3 is 5.97 Å². The topological polar surface area (TPSA) is 52.3 Å². The molecule has 0 aliphatic carbocycles. The molecule has 4 heteroatoms. The Labute approximate surface area is 137 Å². The van der Waals surface area contributed by atoms with E-state index in [1.165, 1.54) is 0 Å². The molecule has 118 valence electrons. The van der Waals surface area contributed by atoms with Crippen molar-refractivity contribution < 1.29 is 9.53 Å². The standard InChI is InChI=1S/C18H21NO2.ClH/c1-18(2,19)12-15-9-6-10-16(11-15)17(20)21-13-14-7-4-3-5-8-14;/h3-11H,12-13,19H2,1-2H3;1H. The average molecular weight is 320 g/mol. The highest BCUT2D eigenvalue weighted by Crippen LogP contribution is 2.13. The first-order chi connectivity index (χ1) is 9.94. The summed E-state index contributed by atoms with van der Waals surface area (Å²) in [6.07, 6.45) is 0.715. The van der Waals surface area contributed by atoms with Crippen LogP contribution in [0, 0.1) is 0 Å². The van der Waals surface area contributed by atoms with Crippen molar-refractivity contribution in [2.45, 2.75) is 32.4 Å². The van der Waals surface area contributed by atoms with Gasteiger partial charge in [-0.25, -0.2) is 4.79 Å². The molecule has 3 nitrogen and oxygen atoms in total. The summed E-state index contributed by atoms with van der Waals surface area (Å²) in [6.45, 7) is 4.22. The van der Waals surface area contributed by atoms with Gasteiger partial charge in [-0.15, -0.1) is 12.4 Å². The molecule has 0 heterocycles. The van der Waals surface area contributed by atoms with Gasteiger partial charge in [-0.05, 0) is 43.5 Å². The highest BCUT2D eigenvalue weighted by Gasteiger charge is 2.14. The Morgan fingerprint density at radius 1 is 1.05 bits per heavy atom. The number of nitrogens with two attached hydrogens (primary N) is 1. The predicted molar refractivity (Wildman–Crippen MR) is 91.2 cm³/mol. The molecule has 0 aliphatic heterocycles. The van der Waals surface area contributed by atoms with E-state index in [1.807, 2.05) is 62.4 Å². The maximum atomic E-state index is 12.1. The third-order valence-electron chi connectivity index (χ3n) is 3.04. The summed E-state index contributed by atoms with van der Waals surface area (Å²) in [5.74, 6) is -0.310. The first-order valence-corrected chi connectivity index (χ1v) is 7.03. The molecule has 0 saturated carbocycles. The lowest BCUT2D eigenvalue weighted by molar-refractivity contribution is 0.0472. The van der Waals surface area contributed by atoms with Crippen molar-refractivity contribution in [1.29, 1.82) is 0 Å². The van der Waals surface area contributed by atoms with Gasteiger partial charge in [0.1, 0.15) is 6.61 Å². The number of hydrogen-bond acceptors (Lipinski definition) is 3. The molecule has 2 aromatic rings. The van der Waals surface area contributed by atoms with Crippen LogP contribution in [0.3, 0.4) is 0 Å². The molecule has 0 aliphatic rings. The van der Waals surface area contributed by atoms with E-state index in [4.69, 9.17) is 10.5 Å². The lowest BCUT2D eigenvalue weighted by Gasteiger charge is -2.18. The number of ether oxygens (including phenoxy) is 1. The molecular formula is C18H22ClNO2. The SMILES string of the molecule is CC(C)(N)Cc1cccc(C(=O)OCc2ccccc2)c1.Cl. The Balaban J connectivity index is 0.00000242. The maximum absolute atomic E-state index is 12.1. The van der Waals surface area contributed by atoms with Crippen LogP contribution in [0.15, 0.2) is 54.6 Å². The molecule has 2 aromatic carbocycles. The number of benzene rings is 2. The second-order valence-electron chi connectivity index (χ2n) is 5.93. The largest absolute Gasteiger partial charge is 0.457 e. The zero-order valence-electron chi connectivity index (χ0n) is 12.9. The minimum atomic E-state index is -0.310. The van der Waals surface area contributed by atoms with E-state index in [9.17, 15) is 4.79 Å². The summed E-state index contributed by atoms with van der Waals surface area (Å²) in [5.41, 5.74) is 8.29. The van der Waals surface area contributed by atoms with Gasteiger partial charge < -0.3 is 10.5 Å². The van der Waals surface area contributed by atoms with Crippen LogP contribution in [0.25, 0.3) is 0 Å². The van der Waals surface area contributed by atoms with Crippen molar-refractivity contribution in [3.8, 4) is 0 Å². The molecule has 0 bridgehead atoms. The van der Waals surface area contributed by atoms with Gasteiger partial charge in [0.2, 0.25) is 0 Å². The number of carbonyl (C=O) groups is 1. The molecule has 0 spiro atoms. The highest BCUT2D eigenvalue weighted by atomic mass is 35.5. The molecule has 0 atom stereocenters. The first kappa shape index (κ1) is 18.2. The number of rotatable bonds is 5. The van der Waals surface area contributed by atoms with Crippen LogP contribution in [0.1, 0.15) is 35.3 Å². The molecule has 2 rings (SSSR count). The zero-order chi connectivity index (χ0) is 15.3.